The number of ether oxygens (including phenoxy) is 1. The Hall–Kier alpha value is -1.12. The summed E-state index contributed by atoms with van der Waals surface area (Å²) >= 11 is 0. The number of esters is 1. The first-order valence-electron chi connectivity index (χ1n) is 3.21. The molecular formula is C7H9NO2. The van der Waals surface area contributed by atoms with Crippen LogP contribution in [0.3, 0.4) is 0 Å². The molecule has 1 unspecified atom stereocenters. The van der Waals surface area contributed by atoms with Crippen molar-refractivity contribution >= 4 is 12.2 Å². The van der Waals surface area contributed by atoms with E-state index in [9.17, 15) is 4.79 Å². The molecule has 0 bridgehead atoms. The molecule has 1 heterocycles. The van der Waals surface area contributed by atoms with Crippen LogP contribution >= 0.6 is 0 Å². The monoisotopic (exact) mass is 139 g/mol. The van der Waals surface area contributed by atoms with E-state index in [1.165, 1.54) is 0 Å². The maximum Gasteiger partial charge on any atom is 0.334 e. The average Bonchev–Trinajstić information content (AvgIpc) is 2.38. The molecule has 0 saturated carbocycles. The fraction of sp³-hybridized carbons (Fsp3) is 0.429. The summed E-state index contributed by atoms with van der Waals surface area (Å²) in [4.78, 5) is 14.7. The van der Waals surface area contributed by atoms with E-state index in [-0.39, 0.29) is 12.0 Å². The smallest absolute Gasteiger partial charge is 0.334 e. The third-order valence-electron chi connectivity index (χ3n) is 1.15. The zero-order valence-electron chi connectivity index (χ0n) is 5.78. The Morgan fingerprint density at radius 1 is 1.80 bits per heavy atom. The fourth-order valence-corrected chi connectivity index (χ4v) is 0.714. The second-order valence-electron chi connectivity index (χ2n) is 1.88. The van der Waals surface area contributed by atoms with E-state index in [1.807, 2.05) is 0 Å². The second kappa shape index (κ2) is 3.15. The summed E-state index contributed by atoms with van der Waals surface area (Å²) in [5, 5.41) is 0. The normalized spacial score (nSPS) is 21.5. The van der Waals surface area contributed by atoms with Crippen LogP contribution in [0.15, 0.2) is 17.1 Å². The van der Waals surface area contributed by atoms with E-state index >= 15 is 0 Å². The maximum absolute atomic E-state index is 10.9. The number of rotatable bonds is 2. The fourth-order valence-electron chi connectivity index (χ4n) is 0.714. The summed E-state index contributed by atoms with van der Waals surface area (Å²) < 4.78 is 4.72. The molecule has 1 rings (SSSR count). The number of carbonyl (C=O) groups excluding carboxylic acids is 1. The number of carbonyl (C=O) groups is 1. The first kappa shape index (κ1) is 6.99. The lowest BCUT2D eigenvalue weighted by Crippen LogP contribution is -2.17. The van der Waals surface area contributed by atoms with Gasteiger partial charge in [-0.3, -0.25) is 4.99 Å². The highest BCUT2D eigenvalue weighted by Crippen LogP contribution is 2.01. The number of hydrogen-bond acceptors (Lipinski definition) is 3. The van der Waals surface area contributed by atoms with Crippen LogP contribution in [0.25, 0.3) is 0 Å². The van der Waals surface area contributed by atoms with Gasteiger partial charge in [-0.1, -0.05) is 0 Å². The van der Waals surface area contributed by atoms with Crippen LogP contribution in [0.2, 0.25) is 0 Å². The molecule has 10 heavy (non-hydrogen) atoms. The predicted molar refractivity (Wildman–Crippen MR) is 38.1 cm³/mol. The van der Waals surface area contributed by atoms with Crippen LogP contribution in [0.5, 0.6) is 0 Å². The van der Waals surface area contributed by atoms with E-state index in [0.29, 0.717) is 6.61 Å². The van der Waals surface area contributed by atoms with Gasteiger partial charge in [0.15, 0.2) is 6.04 Å². The molecule has 0 aromatic rings. The van der Waals surface area contributed by atoms with Crippen LogP contribution < -0.4 is 0 Å². The molecule has 0 aromatic carbocycles. The van der Waals surface area contributed by atoms with Crippen molar-refractivity contribution in [3.63, 3.8) is 0 Å². The van der Waals surface area contributed by atoms with Gasteiger partial charge in [0, 0.05) is 6.21 Å². The van der Waals surface area contributed by atoms with Crippen molar-refractivity contribution in [1.82, 2.24) is 0 Å². The third-order valence-corrected chi connectivity index (χ3v) is 1.15. The molecule has 0 radical (unpaired) electrons. The molecule has 0 fully saturated rings. The second-order valence-corrected chi connectivity index (χ2v) is 1.88. The number of allylic oxidation sites excluding steroid dienone is 1. The molecule has 0 aromatic heterocycles. The lowest BCUT2D eigenvalue weighted by Gasteiger charge is -2.02. The highest BCUT2D eigenvalue weighted by atomic mass is 16.5. The minimum atomic E-state index is -0.389. The molecule has 54 valence electrons. The minimum absolute atomic E-state index is 0.271. The standard InChI is InChI=1S/C7H9NO2/c1-2-10-7(9)6-4-3-5-8-6/h3-6H,2H2,1H3. The van der Waals surface area contributed by atoms with Crippen molar-refractivity contribution in [2.45, 2.75) is 13.0 Å². The molecule has 0 amide bonds. The highest BCUT2D eigenvalue weighted by Gasteiger charge is 2.15. The maximum atomic E-state index is 10.9. The van der Waals surface area contributed by atoms with Gasteiger partial charge in [-0.05, 0) is 19.1 Å². The van der Waals surface area contributed by atoms with Gasteiger partial charge in [-0.25, -0.2) is 4.79 Å². The molecule has 1 aliphatic heterocycles. The zero-order valence-corrected chi connectivity index (χ0v) is 5.78. The molecule has 3 nitrogen and oxygen atoms in total. The third kappa shape index (κ3) is 1.43. The Balaban J connectivity index is 2.42. The number of aliphatic imine (C=N–C) groups is 1. The molecule has 0 N–H and O–H groups in total. The van der Waals surface area contributed by atoms with Crippen LogP contribution in [0.1, 0.15) is 6.92 Å². The molecule has 1 atom stereocenters. The molecule has 1 aliphatic rings. The summed E-state index contributed by atoms with van der Waals surface area (Å²) in [5.41, 5.74) is 0. The quantitative estimate of drug-likeness (QED) is 0.524. The SMILES string of the molecule is CCOC(=O)C1C=CC=N1. The Kier molecular flexibility index (Phi) is 2.20. The van der Waals surface area contributed by atoms with Crippen molar-refractivity contribution in [3.05, 3.63) is 12.2 Å². The first-order valence-corrected chi connectivity index (χ1v) is 3.21. The van der Waals surface area contributed by atoms with E-state index in [0.717, 1.165) is 0 Å². The minimum Gasteiger partial charge on any atom is -0.464 e. The lowest BCUT2D eigenvalue weighted by molar-refractivity contribution is -0.143. The van der Waals surface area contributed by atoms with Crippen LogP contribution in [-0.4, -0.2) is 24.8 Å². The molecule has 0 spiro atoms. The van der Waals surface area contributed by atoms with E-state index in [2.05, 4.69) is 4.99 Å². The Morgan fingerprint density at radius 3 is 3.10 bits per heavy atom. The molecule has 0 aliphatic carbocycles. The van der Waals surface area contributed by atoms with Gasteiger partial charge in [-0.2, -0.15) is 0 Å². The van der Waals surface area contributed by atoms with Gasteiger partial charge in [0.25, 0.3) is 0 Å². The van der Waals surface area contributed by atoms with Crippen molar-refractivity contribution in [1.29, 1.82) is 0 Å². The van der Waals surface area contributed by atoms with Crippen molar-refractivity contribution < 1.29 is 9.53 Å². The molecule has 0 saturated heterocycles. The summed E-state index contributed by atoms with van der Waals surface area (Å²) in [5.74, 6) is -0.271. The van der Waals surface area contributed by atoms with Gasteiger partial charge >= 0.3 is 5.97 Å². The zero-order chi connectivity index (χ0) is 7.40. The number of hydrogen-bond donors (Lipinski definition) is 0. The Bertz CT molecular complexity index is 172. The average molecular weight is 139 g/mol. The van der Waals surface area contributed by atoms with Crippen molar-refractivity contribution in [2.24, 2.45) is 4.99 Å². The van der Waals surface area contributed by atoms with Crippen LogP contribution in [0, 0.1) is 0 Å². The largest absolute Gasteiger partial charge is 0.464 e. The summed E-state index contributed by atoms with van der Waals surface area (Å²) in [6.07, 6.45) is 5.04. The van der Waals surface area contributed by atoms with Gasteiger partial charge in [0.1, 0.15) is 0 Å². The first-order chi connectivity index (χ1) is 4.84. The number of nitrogens with zero attached hydrogens (tertiary/aromatic N) is 1. The van der Waals surface area contributed by atoms with Crippen molar-refractivity contribution in [2.75, 3.05) is 6.61 Å². The van der Waals surface area contributed by atoms with E-state index in [1.54, 1.807) is 25.3 Å². The van der Waals surface area contributed by atoms with E-state index in [4.69, 9.17) is 4.74 Å². The van der Waals surface area contributed by atoms with Gasteiger partial charge in [0.2, 0.25) is 0 Å². The van der Waals surface area contributed by atoms with Crippen molar-refractivity contribution in [3.8, 4) is 0 Å². The van der Waals surface area contributed by atoms with Gasteiger partial charge < -0.3 is 4.74 Å². The Morgan fingerprint density at radius 2 is 2.60 bits per heavy atom. The lowest BCUT2D eigenvalue weighted by atomic mass is 10.3. The van der Waals surface area contributed by atoms with Gasteiger partial charge in [0.05, 0.1) is 6.61 Å². The summed E-state index contributed by atoms with van der Waals surface area (Å²) in [6.45, 7) is 2.19. The van der Waals surface area contributed by atoms with Crippen LogP contribution in [-0.2, 0) is 9.53 Å². The van der Waals surface area contributed by atoms with Crippen LogP contribution in [0.4, 0.5) is 0 Å². The molecular weight excluding hydrogens is 130 g/mol. The summed E-state index contributed by atoms with van der Waals surface area (Å²) in [6, 6.07) is -0.389. The topological polar surface area (TPSA) is 38.7 Å². The van der Waals surface area contributed by atoms with Gasteiger partial charge in [-0.15, -0.1) is 0 Å². The Labute approximate surface area is 59.4 Å². The predicted octanol–water partition coefficient (Wildman–Crippen LogP) is 0.559. The van der Waals surface area contributed by atoms with E-state index < -0.39 is 0 Å². The highest BCUT2D eigenvalue weighted by molar-refractivity contribution is 5.86. The summed E-state index contributed by atoms with van der Waals surface area (Å²) in [7, 11) is 0. The molecule has 3 heteroatoms.